The molecule has 1 aromatic carbocycles. The van der Waals surface area contributed by atoms with Gasteiger partial charge in [-0.3, -0.25) is 5.10 Å². The molecule has 0 amide bonds. The second-order valence-corrected chi connectivity index (χ2v) is 4.07. The maximum Gasteiger partial charge on any atom is 0.377 e. The van der Waals surface area contributed by atoms with Gasteiger partial charge >= 0.3 is 15.3 Å². The van der Waals surface area contributed by atoms with Crippen molar-refractivity contribution in [3.8, 4) is 5.75 Å². The molecule has 0 aliphatic carbocycles. The quantitative estimate of drug-likeness (QED) is 0.772. The minimum atomic E-state index is -3.92. The highest BCUT2D eigenvalue weighted by atomic mass is 32.2. The summed E-state index contributed by atoms with van der Waals surface area (Å²) in [5.41, 5.74) is 0. The molecule has 2 rings (SSSR count). The van der Waals surface area contributed by atoms with Crippen LogP contribution in [0.5, 0.6) is 5.75 Å². The molecule has 15 heavy (non-hydrogen) atoms. The van der Waals surface area contributed by atoms with Crippen LogP contribution in [-0.2, 0) is 10.1 Å². The summed E-state index contributed by atoms with van der Waals surface area (Å²) < 4.78 is 27.8. The van der Waals surface area contributed by atoms with Gasteiger partial charge in [-0.25, -0.2) is 4.98 Å². The number of nitrogens with one attached hydrogen (secondary N) is 1. The molecule has 0 saturated heterocycles. The van der Waals surface area contributed by atoms with Crippen molar-refractivity contribution in [1.82, 2.24) is 15.2 Å². The molecule has 7 heteroatoms. The van der Waals surface area contributed by atoms with Crippen LogP contribution in [-0.4, -0.2) is 23.6 Å². The van der Waals surface area contributed by atoms with Crippen LogP contribution >= 0.6 is 0 Å². The summed E-state index contributed by atoms with van der Waals surface area (Å²) in [6.45, 7) is 0. The Morgan fingerprint density at radius 3 is 2.53 bits per heavy atom. The lowest BCUT2D eigenvalue weighted by Crippen LogP contribution is -2.11. The average molecular weight is 225 g/mol. The maximum atomic E-state index is 11.5. The fourth-order valence-electron chi connectivity index (χ4n) is 0.957. The third-order valence-corrected chi connectivity index (χ3v) is 2.62. The minimum Gasteiger partial charge on any atom is -0.377 e. The summed E-state index contributed by atoms with van der Waals surface area (Å²) in [4.78, 5) is 3.50. The van der Waals surface area contributed by atoms with Gasteiger partial charge in [0.2, 0.25) is 0 Å². The molecule has 2 aromatic rings. The fourth-order valence-corrected chi connectivity index (χ4v) is 1.74. The van der Waals surface area contributed by atoms with E-state index < -0.39 is 10.1 Å². The molecule has 1 heterocycles. The number of hydrogen-bond acceptors (Lipinski definition) is 5. The number of para-hydroxylation sites is 1. The largest absolute Gasteiger partial charge is 0.377 e. The number of aromatic nitrogens is 3. The molecule has 0 radical (unpaired) electrons. The molecule has 0 spiro atoms. The van der Waals surface area contributed by atoms with Crippen LogP contribution in [0.15, 0.2) is 41.8 Å². The number of rotatable bonds is 3. The van der Waals surface area contributed by atoms with Gasteiger partial charge in [-0.15, -0.1) is 5.10 Å². The second-order valence-electron chi connectivity index (χ2n) is 2.63. The predicted molar refractivity (Wildman–Crippen MR) is 50.6 cm³/mol. The zero-order chi connectivity index (χ0) is 10.7. The lowest BCUT2D eigenvalue weighted by Gasteiger charge is -2.02. The van der Waals surface area contributed by atoms with E-state index in [9.17, 15) is 8.42 Å². The Kier molecular flexibility index (Phi) is 2.38. The molecule has 78 valence electrons. The Hall–Kier alpha value is -1.89. The van der Waals surface area contributed by atoms with Crippen LogP contribution in [0.25, 0.3) is 0 Å². The molecule has 0 aliphatic rings. The number of benzene rings is 1. The van der Waals surface area contributed by atoms with Crippen molar-refractivity contribution in [3.05, 3.63) is 36.7 Å². The highest BCUT2D eigenvalue weighted by Crippen LogP contribution is 2.14. The Bertz CT molecular complexity index is 522. The van der Waals surface area contributed by atoms with E-state index in [1.54, 1.807) is 18.2 Å². The zero-order valence-corrected chi connectivity index (χ0v) is 8.31. The van der Waals surface area contributed by atoms with Crippen molar-refractivity contribution in [2.75, 3.05) is 0 Å². The zero-order valence-electron chi connectivity index (χ0n) is 7.49. The normalized spacial score (nSPS) is 11.2. The first-order valence-corrected chi connectivity index (χ1v) is 5.44. The summed E-state index contributed by atoms with van der Waals surface area (Å²) in [7, 11) is -3.92. The van der Waals surface area contributed by atoms with Crippen molar-refractivity contribution in [3.63, 3.8) is 0 Å². The van der Waals surface area contributed by atoms with Gasteiger partial charge in [0.1, 0.15) is 12.1 Å². The Labute approximate surface area is 86.1 Å². The van der Waals surface area contributed by atoms with Crippen LogP contribution in [0, 0.1) is 0 Å². The van der Waals surface area contributed by atoms with Crippen LogP contribution in [0.1, 0.15) is 0 Å². The topological polar surface area (TPSA) is 84.9 Å². The van der Waals surface area contributed by atoms with Gasteiger partial charge in [0.15, 0.2) is 0 Å². The van der Waals surface area contributed by atoms with Gasteiger partial charge in [0.05, 0.1) is 0 Å². The first-order chi connectivity index (χ1) is 7.18. The number of nitrogens with zero attached hydrogens (tertiary/aromatic N) is 2. The SMILES string of the molecule is O=S(=O)(Oc1ccccc1)c1nc[nH]n1. The number of hydrogen-bond donors (Lipinski definition) is 1. The van der Waals surface area contributed by atoms with Gasteiger partial charge in [0.25, 0.3) is 0 Å². The van der Waals surface area contributed by atoms with Gasteiger partial charge in [-0.2, -0.15) is 8.42 Å². The Morgan fingerprint density at radius 2 is 1.93 bits per heavy atom. The molecule has 0 unspecified atom stereocenters. The maximum absolute atomic E-state index is 11.5. The molecule has 1 N–H and O–H groups in total. The minimum absolute atomic E-state index is 0.224. The molecule has 0 aliphatic heterocycles. The van der Waals surface area contributed by atoms with E-state index in [0.29, 0.717) is 0 Å². The van der Waals surface area contributed by atoms with E-state index in [1.165, 1.54) is 18.5 Å². The van der Waals surface area contributed by atoms with Gasteiger partial charge in [-0.05, 0) is 12.1 Å². The van der Waals surface area contributed by atoms with E-state index in [4.69, 9.17) is 4.18 Å². The van der Waals surface area contributed by atoms with Gasteiger partial charge in [-0.1, -0.05) is 18.2 Å². The highest BCUT2D eigenvalue weighted by molar-refractivity contribution is 7.86. The summed E-state index contributed by atoms with van der Waals surface area (Å²) in [5, 5.41) is 5.35. The molecule has 0 bridgehead atoms. The van der Waals surface area contributed by atoms with E-state index in [0.717, 1.165) is 0 Å². The highest BCUT2D eigenvalue weighted by Gasteiger charge is 2.20. The summed E-state index contributed by atoms with van der Waals surface area (Å²) in [6, 6.07) is 8.16. The monoisotopic (exact) mass is 225 g/mol. The lowest BCUT2D eigenvalue weighted by atomic mass is 10.3. The van der Waals surface area contributed by atoms with E-state index in [1.807, 2.05) is 0 Å². The molecular weight excluding hydrogens is 218 g/mol. The van der Waals surface area contributed by atoms with Crippen molar-refractivity contribution in [1.29, 1.82) is 0 Å². The van der Waals surface area contributed by atoms with Crippen LogP contribution in [0.3, 0.4) is 0 Å². The smallest absolute Gasteiger partial charge is 0.377 e. The number of aromatic amines is 1. The van der Waals surface area contributed by atoms with E-state index in [-0.39, 0.29) is 10.9 Å². The van der Waals surface area contributed by atoms with E-state index >= 15 is 0 Å². The van der Waals surface area contributed by atoms with Crippen molar-refractivity contribution < 1.29 is 12.6 Å². The first kappa shape index (κ1) is 9.66. The molecule has 1 aromatic heterocycles. The van der Waals surface area contributed by atoms with Crippen LogP contribution in [0.2, 0.25) is 0 Å². The fraction of sp³-hybridized carbons (Fsp3) is 0. The van der Waals surface area contributed by atoms with Crippen LogP contribution in [0.4, 0.5) is 0 Å². The lowest BCUT2D eigenvalue weighted by molar-refractivity contribution is 0.478. The summed E-state index contributed by atoms with van der Waals surface area (Å²) in [5.74, 6) is 0.224. The standard InChI is InChI=1S/C8H7N3O3S/c12-15(13,8-9-6-10-11-8)14-7-4-2-1-3-5-7/h1-6H,(H,9,10,11). The first-order valence-electron chi connectivity index (χ1n) is 4.04. The molecular formula is C8H7N3O3S. The summed E-state index contributed by atoms with van der Waals surface area (Å²) >= 11 is 0. The van der Waals surface area contributed by atoms with Gasteiger partial charge in [0, 0.05) is 0 Å². The Morgan fingerprint density at radius 1 is 1.20 bits per heavy atom. The van der Waals surface area contributed by atoms with Crippen LogP contribution < -0.4 is 4.18 Å². The van der Waals surface area contributed by atoms with Crippen molar-refractivity contribution >= 4 is 10.1 Å². The van der Waals surface area contributed by atoms with Gasteiger partial charge < -0.3 is 4.18 Å². The van der Waals surface area contributed by atoms with E-state index in [2.05, 4.69) is 15.2 Å². The molecule has 0 fully saturated rings. The van der Waals surface area contributed by atoms with Crippen molar-refractivity contribution in [2.45, 2.75) is 5.16 Å². The summed E-state index contributed by atoms with van der Waals surface area (Å²) in [6.07, 6.45) is 1.17. The molecule has 0 atom stereocenters. The molecule has 6 nitrogen and oxygen atoms in total. The van der Waals surface area contributed by atoms with Crippen molar-refractivity contribution in [2.24, 2.45) is 0 Å². The second kappa shape index (κ2) is 3.70. The third kappa shape index (κ3) is 2.13. The molecule has 0 saturated carbocycles. The predicted octanol–water partition coefficient (Wildman–Crippen LogP) is 0.572. The third-order valence-electron chi connectivity index (χ3n) is 1.57. The Balaban J connectivity index is 2.27. The average Bonchev–Trinajstić information content (AvgIpc) is 2.71. The number of H-pyrrole nitrogens is 1.